The van der Waals surface area contributed by atoms with Crippen LogP contribution in [0, 0.1) is 10.1 Å². The average Bonchev–Trinajstić information content (AvgIpc) is 2.45. The van der Waals surface area contributed by atoms with Gasteiger partial charge in [0, 0.05) is 12.3 Å². The van der Waals surface area contributed by atoms with Gasteiger partial charge in [-0.05, 0) is 24.3 Å². The van der Waals surface area contributed by atoms with Gasteiger partial charge in [-0.1, -0.05) is 18.2 Å². The Morgan fingerprint density at radius 3 is 2.52 bits per heavy atom. The number of hydrogen-bond acceptors (Lipinski definition) is 5. The summed E-state index contributed by atoms with van der Waals surface area (Å²) in [4.78, 5) is 10.6. The van der Waals surface area contributed by atoms with Crippen LogP contribution in [-0.4, -0.2) is 19.6 Å². The second-order valence-corrected chi connectivity index (χ2v) is 6.44. The molecule has 6 nitrogen and oxygen atoms in total. The Hall–Kier alpha value is -2.41. The molecule has 2 aromatic carbocycles. The second-order valence-electron chi connectivity index (χ2n) is 4.42. The normalized spacial score (nSPS) is 11.1. The van der Waals surface area contributed by atoms with Gasteiger partial charge in [-0.3, -0.25) is 10.1 Å². The molecule has 0 saturated carbocycles. The average molecular weight is 307 g/mol. The van der Waals surface area contributed by atoms with E-state index in [1.807, 2.05) is 0 Å². The molecule has 0 bridgehead atoms. The van der Waals surface area contributed by atoms with Gasteiger partial charge in [0.25, 0.3) is 5.69 Å². The minimum atomic E-state index is -3.32. The fourth-order valence-corrected chi connectivity index (χ4v) is 2.42. The third kappa shape index (κ3) is 3.79. The van der Waals surface area contributed by atoms with Crippen LogP contribution in [0.25, 0.3) is 0 Å². The first-order valence-electron chi connectivity index (χ1n) is 6.03. The molecule has 21 heavy (non-hydrogen) atoms. The van der Waals surface area contributed by atoms with Crippen molar-refractivity contribution in [2.75, 3.05) is 6.26 Å². The van der Waals surface area contributed by atoms with Gasteiger partial charge in [0.15, 0.2) is 9.84 Å². The van der Waals surface area contributed by atoms with Crippen LogP contribution < -0.4 is 4.74 Å². The standard InChI is InChI=1S/C14H13NO5S/c1-21(18,19)13-7-4-6-12(9-13)20-10-11-5-2-3-8-14(11)15(16)17/h2-9H,10H2,1H3. The predicted molar refractivity (Wildman–Crippen MR) is 77.0 cm³/mol. The number of nitro benzene ring substituents is 1. The first-order chi connectivity index (χ1) is 9.88. The van der Waals surface area contributed by atoms with E-state index in [1.54, 1.807) is 30.3 Å². The van der Waals surface area contributed by atoms with Crippen LogP contribution in [0.5, 0.6) is 5.75 Å². The van der Waals surface area contributed by atoms with Crippen molar-refractivity contribution in [2.24, 2.45) is 0 Å². The first-order valence-corrected chi connectivity index (χ1v) is 7.92. The van der Waals surface area contributed by atoms with Gasteiger partial charge in [0.05, 0.1) is 15.4 Å². The lowest BCUT2D eigenvalue weighted by Crippen LogP contribution is -2.01. The Balaban J connectivity index is 2.20. The lowest BCUT2D eigenvalue weighted by Gasteiger charge is -2.08. The van der Waals surface area contributed by atoms with Crippen molar-refractivity contribution in [1.29, 1.82) is 0 Å². The molecular formula is C14H13NO5S. The van der Waals surface area contributed by atoms with Crippen LogP contribution in [0.15, 0.2) is 53.4 Å². The second kappa shape index (κ2) is 5.92. The van der Waals surface area contributed by atoms with E-state index in [4.69, 9.17) is 4.74 Å². The van der Waals surface area contributed by atoms with Gasteiger partial charge < -0.3 is 4.74 Å². The molecule has 0 aliphatic carbocycles. The van der Waals surface area contributed by atoms with E-state index in [-0.39, 0.29) is 17.2 Å². The summed E-state index contributed by atoms with van der Waals surface area (Å²) in [7, 11) is -3.32. The molecule has 0 heterocycles. The van der Waals surface area contributed by atoms with Gasteiger partial charge in [-0.2, -0.15) is 0 Å². The summed E-state index contributed by atoms with van der Waals surface area (Å²) in [5, 5.41) is 10.9. The van der Waals surface area contributed by atoms with E-state index in [9.17, 15) is 18.5 Å². The number of sulfone groups is 1. The van der Waals surface area contributed by atoms with E-state index < -0.39 is 14.8 Å². The summed E-state index contributed by atoms with van der Waals surface area (Å²) in [6.45, 7) is -0.00955. The number of para-hydroxylation sites is 1. The molecule has 2 rings (SSSR count). The van der Waals surface area contributed by atoms with Gasteiger partial charge in [0.2, 0.25) is 0 Å². The molecule has 0 aliphatic rings. The molecule has 0 radical (unpaired) electrons. The van der Waals surface area contributed by atoms with Crippen LogP contribution >= 0.6 is 0 Å². The van der Waals surface area contributed by atoms with Crippen molar-refractivity contribution in [3.8, 4) is 5.75 Å². The van der Waals surface area contributed by atoms with Gasteiger partial charge in [-0.15, -0.1) is 0 Å². The largest absolute Gasteiger partial charge is 0.489 e. The topological polar surface area (TPSA) is 86.5 Å². The van der Waals surface area contributed by atoms with E-state index in [2.05, 4.69) is 0 Å². The highest BCUT2D eigenvalue weighted by molar-refractivity contribution is 7.90. The van der Waals surface area contributed by atoms with Crippen LogP contribution in [0.2, 0.25) is 0 Å². The maximum atomic E-state index is 11.5. The number of hydrogen-bond donors (Lipinski definition) is 0. The summed E-state index contributed by atoms with van der Waals surface area (Å²) >= 11 is 0. The van der Waals surface area contributed by atoms with Crippen LogP contribution in [0.3, 0.4) is 0 Å². The Bertz CT molecular complexity index is 770. The van der Waals surface area contributed by atoms with Crippen LogP contribution in [0.4, 0.5) is 5.69 Å². The smallest absolute Gasteiger partial charge is 0.276 e. The molecule has 7 heteroatoms. The Labute approximate surface area is 122 Å². The van der Waals surface area contributed by atoms with E-state index in [0.717, 1.165) is 6.26 Å². The molecule has 0 spiro atoms. The van der Waals surface area contributed by atoms with Gasteiger partial charge in [-0.25, -0.2) is 8.42 Å². The molecule has 0 atom stereocenters. The van der Waals surface area contributed by atoms with E-state index >= 15 is 0 Å². The zero-order valence-corrected chi connectivity index (χ0v) is 12.0. The van der Waals surface area contributed by atoms with Crippen molar-refractivity contribution in [3.63, 3.8) is 0 Å². The fourth-order valence-electron chi connectivity index (χ4n) is 1.77. The minimum absolute atomic E-state index is 0.00955. The SMILES string of the molecule is CS(=O)(=O)c1cccc(OCc2ccccc2[N+](=O)[O-])c1. The zero-order chi connectivity index (χ0) is 15.5. The van der Waals surface area contributed by atoms with Crippen molar-refractivity contribution in [1.82, 2.24) is 0 Å². The first kappa shape index (κ1) is 15.0. The number of rotatable bonds is 5. The fraction of sp³-hybridized carbons (Fsp3) is 0.143. The molecule has 2 aromatic rings. The highest BCUT2D eigenvalue weighted by atomic mass is 32.2. The van der Waals surface area contributed by atoms with E-state index in [0.29, 0.717) is 11.3 Å². The maximum absolute atomic E-state index is 11.5. The molecule has 110 valence electrons. The van der Waals surface area contributed by atoms with E-state index in [1.165, 1.54) is 18.2 Å². The Kier molecular flexibility index (Phi) is 4.23. The Morgan fingerprint density at radius 2 is 1.86 bits per heavy atom. The molecule has 0 N–H and O–H groups in total. The molecule has 0 aromatic heterocycles. The molecule has 0 fully saturated rings. The maximum Gasteiger partial charge on any atom is 0.276 e. The van der Waals surface area contributed by atoms with Crippen LogP contribution in [0.1, 0.15) is 5.56 Å². The number of benzene rings is 2. The highest BCUT2D eigenvalue weighted by Gasteiger charge is 2.13. The third-order valence-electron chi connectivity index (χ3n) is 2.82. The van der Waals surface area contributed by atoms with Gasteiger partial charge >= 0.3 is 0 Å². The third-order valence-corrected chi connectivity index (χ3v) is 3.93. The number of nitrogens with zero attached hydrogens (tertiary/aromatic N) is 1. The van der Waals surface area contributed by atoms with Crippen molar-refractivity contribution in [2.45, 2.75) is 11.5 Å². The molecule has 0 saturated heterocycles. The quantitative estimate of drug-likeness (QED) is 0.626. The van der Waals surface area contributed by atoms with Crippen molar-refractivity contribution < 1.29 is 18.1 Å². The Morgan fingerprint density at radius 1 is 1.14 bits per heavy atom. The zero-order valence-electron chi connectivity index (χ0n) is 11.2. The summed E-state index contributed by atoms with van der Waals surface area (Å²) in [6, 6.07) is 12.3. The van der Waals surface area contributed by atoms with Crippen molar-refractivity contribution >= 4 is 15.5 Å². The molecule has 0 aliphatic heterocycles. The summed E-state index contributed by atoms with van der Waals surface area (Å²) in [6.07, 6.45) is 1.11. The summed E-state index contributed by atoms with van der Waals surface area (Å²) in [5.74, 6) is 0.344. The van der Waals surface area contributed by atoms with Crippen LogP contribution in [-0.2, 0) is 16.4 Å². The lowest BCUT2D eigenvalue weighted by molar-refractivity contribution is -0.385. The molecular weight excluding hydrogens is 294 g/mol. The minimum Gasteiger partial charge on any atom is -0.489 e. The highest BCUT2D eigenvalue weighted by Crippen LogP contribution is 2.22. The molecule has 0 amide bonds. The molecule has 0 unspecified atom stereocenters. The monoisotopic (exact) mass is 307 g/mol. The van der Waals surface area contributed by atoms with Gasteiger partial charge in [0.1, 0.15) is 12.4 Å². The predicted octanol–water partition coefficient (Wildman–Crippen LogP) is 2.58. The number of ether oxygens (including phenoxy) is 1. The lowest BCUT2D eigenvalue weighted by atomic mass is 10.2. The van der Waals surface area contributed by atoms with Crippen molar-refractivity contribution in [3.05, 3.63) is 64.2 Å². The number of nitro groups is 1. The summed E-state index contributed by atoms with van der Waals surface area (Å²) in [5.41, 5.74) is 0.393. The summed E-state index contributed by atoms with van der Waals surface area (Å²) < 4.78 is 28.4.